The van der Waals surface area contributed by atoms with Gasteiger partial charge in [-0.25, -0.2) is 0 Å². The van der Waals surface area contributed by atoms with Crippen LogP contribution in [0.4, 0.5) is 11.4 Å². The van der Waals surface area contributed by atoms with Gasteiger partial charge in [0.25, 0.3) is 0 Å². The first-order chi connectivity index (χ1) is 12.1. The van der Waals surface area contributed by atoms with Crippen molar-refractivity contribution >= 4 is 35.0 Å². The van der Waals surface area contributed by atoms with Gasteiger partial charge in [0.2, 0.25) is 11.8 Å². The number of nitrogens with zero attached hydrogens (tertiary/aromatic N) is 1. The minimum absolute atomic E-state index is 0.0102. The van der Waals surface area contributed by atoms with Crippen molar-refractivity contribution in [3.8, 4) is 0 Å². The minimum atomic E-state index is -0.203. The monoisotopic (exact) mass is 356 g/mol. The third kappa shape index (κ3) is 4.03. The molecule has 1 aliphatic heterocycles. The van der Waals surface area contributed by atoms with Crippen molar-refractivity contribution in [3.63, 3.8) is 0 Å². The molecule has 6 heteroatoms. The molecule has 25 heavy (non-hydrogen) atoms. The molecule has 1 fully saturated rings. The van der Waals surface area contributed by atoms with E-state index in [-0.39, 0.29) is 23.8 Å². The fraction of sp³-hybridized carbons (Fsp3) is 0.263. The fourth-order valence-electron chi connectivity index (χ4n) is 2.83. The molecule has 0 bridgehead atoms. The number of hydrogen-bond acceptors (Lipinski definition) is 4. The molecule has 0 spiro atoms. The summed E-state index contributed by atoms with van der Waals surface area (Å²) in [4.78, 5) is 26.0. The summed E-state index contributed by atoms with van der Waals surface area (Å²) in [5, 5.41) is 2.70. The molecular weight excluding hydrogens is 336 g/mol. The second kappa shape index (κ2) is 7.72. The second-order valence-corrected chi connectivity index (χ2v) is 6.94. The van der Waals surface area contributed by atoms with E-state index in [0.717, 1.165) is 16.8 Å². The lowest BCUT2D eigenvalue weighted by Crippen LogP contribution is -2.28. The van der Waals surface area contributed by atoms with Crippen LogP contribution in [-0.2, 0) is 14.3 Å². The van der Waals surface area contributed by atoms with Crippen LogP contribution in [0, 0.1) is 6.92 Å². The second-order valence-electron chi connectivity index (χ2n) is 5.87. The Bertz CT molecular complexity index is 794. The molecule has 0 aliphatic carbocycles. The molecule has 1 aliphatic rings. The summed E-state index contributed by atoms with van der Waals surface area (Å²) >= 11 is 1.59. The third-order valence-corrected chi connectivity index (χ3v) is 5.09. The molecule has 3 rings (SSSR count). The molecule has 1 atom stereocenters. The van der Waals surface area contributed by atoms with Gasteiger partial charge in [-0.1, -0.05) is 24.3 Å². The third-order valence-electron chi connectivity index (χ3n) is 3.88. The summed E-state index contributed by atoms with van der Waals surface area (Å²) in [7, 11) is 1.48. The van der Waals surface area contributed by atoms with Gasteiger partial charge in [-0.05, 0) is 42.3 Å². The molecule has 1 heterocycles. The van der Waals surface area contributed by atoms with Gasteiger partial charge in [0.1, 0.15) is 12.0 Å². The first kappa shape index (κ1) is 17.5. The Kier molecular flexibility index (Phi) is 5.40. The lowest BCUT2D eigenvalue weighted by Gasteiger charge is -2.25. The fourth-order valence-corrected chi connectivity index (χ4v) is 3.99. The number of carbonyl (C=O) groups is 2. The van der Waals surface area contributed by atoms with Crippen molar-refractivity contribution in [3.05, 3.63) is 59.7 Å². The van der Waals surface area contributed by atoms with Gasteiger partial charge in [-0.3, -0.25) is 14.5 Å². The van der Waals surface area contributed by atoms with Gasteiger partial charge in [-0.2, -0.15) is 0 Å². The number of ether oxygens (including phenoxy) is 1. The standard InChI is InChI=1S/C19H20N2O3S/c1-13-5-3-8-16(9-13)21-18(23)12-25-19(21)14-6-4-7-15(10-14)20-17(22)11-24-2/h3-10,19H,11-12H2,1-2H3,(H,20,22). The minimum Gasteiger partial charge on any atom is -0.375 e. The van der Waals surface area contributed by atoms with Gasteiger partial charge >= 0.3 is 0 Å². The van der Waals surface area contributed by atoms with Gasteiger partial charge in [0.15, 0.2) is 0 Å². The van der Waals surface area contributed by atoms with Gasteiger partial charge in [0, 0.05) is 18.5 Å². The zero-order valence-corrected chi connectivity index (χ0v) is 15.0. The summed E-state index contributed by atoms with van der Waals surface area (Å²) in [6.45, 7) is 2.02. The van der Waals surface area contributed by atoms with Crippen LogP contribution in [0.15, 0.2) is 48.5 Å². The highest BCUT2D eigenvalue weighted by Gasteiger charge is 2.34. The van der Waals surface area contributed by atoms with Crippen molar-refractivity contribution in [2.45, 2.75) is 12.3 Å². The molecular formula is C19H20N2O3S. The average Bonchev–Trinajstić information content (AvgIpc) is 2.97. The largest absolute Gasteiger partial charge is 0.375 e. The molecule has 0 radical (unpaired) electrons. The number of methoxy groups -OCH3 is 1. The van der Waals surface area contributed by atoms with Crippen LogP contribution in [0.2, 0.25) is 0 Å². The normalized spacial score (nSPS) is 17.0. The number of anilines is 2. The van der Waals surface area contributed by atoms with Gasteiger partial charge < -0.3 is 10.1 Å². The van der Waals surface area contributed by atoms with Crippen molar-refractivity contribution in [1.82, 2.24) is 0 Å². The van der Waals surface area contributed by atoms with E-state index in [9.17, 15) is 9.59 Å². The summed E-state index contributed by atoms with van der Waals surface area (Å²) in [6.07, 6.45) is 0. The van der Waals surface area contributed by atoms with E-state index in [0.29, 0.717) is 11.4 Å². The predicted octanol–water partition coefficient (Wildman–Crippen LogP) is 3.36. The smallest absolute Gasteiger partial charge is 0.250 e. The maximum Gasteiger partial charge on any atom is 0.250 e. The maximum atomic E-state index is 12.4. The van der Waals surface area contributed by atoms with Crippen LogP contribution in [0.25, 0.3) is 0 Å². The Morgan fingerprint density at radius 1 is 1.28 bits per heavy atom. The average molecular weight is 356 g/mol. The number of benzene rings is 2. The van der Waals surface area contributed by atoms with E-state index >= 15 is 0 Å². The molecule has 5 nitrogen and oxygen atoms in total. The van der Waals surface area contributed by atoms with Crippen LogP contribution in [-0.4, -0.2) is 31.3 Å². The van der Waals surface area contributed by atoms with Crippen molar-refractivity contribution in [1.29, 1.82) is 0 Å². The van der Waals surface area contributed by atoms with E-state index in [1.54, 1.807) is 11.8 Å². The Morgan fingerprint density at radius 2 is 2.08 bits per heavy atom. The Hall–Kier alpha value is -2.31. The molecule has 2 aromatic rings. The number of rotatable bonds is 5. The molecule has 0 aromatic heterocycles. The highest BCUT2D eigenvalue weighted by atomic mass is 32.2. The van der Waals surface area contributed by atoms with Gasteiger partial charge in [-0.15, -0.1) is 11.8 Å². The number of thioether (sulfide) groups is 1. The Morgan fingerprint density at radius 3 is 2.84 bits per heavy atom. The lowest BCUT2D eigenvalue weighted by atomic mass is 10.1. The van der Waals surface area contributed by atoms with Crippen molar-refractivity contribution < 1.29 is 14.3 Å². The summed E-state index contributed by atoms with van der Waals surface area (Å²) in [5.74, 6) is 0.332. The first-order valence-corrected chi connectivity index (χ1v) is 9.02. The summed E-state index contributed by atoms with van der Waals surface area (Å²) in [5.41, 5.74) is 3.69. The quantitative estimate of drug-likeness (QED) is 0.892. The van der Waals surface area contributed by atoms with Crippen LogP contribution < -0.4 is 10.2 Å². The molecule has 2 amide bonds. The molecule has 1 unspecified atom stereocenters. The van der Waals surface area contributed by atoms with Crippen LogP contribution in [0.5, 0.6) is 0 Å². The molecule has 130 valence electrons. The number of carbonyl (C=O) groups excluding carboxylic acids is 2. The number of amides is 2. The highest BCUT2D eigenvalue weighted by molar-refractivity contribution is 8.00. The zero-order valence-electron chi connectivity index (χ0n) is 14.2. The topological polar surface area (TPSA) is 58.6 Å². The Labute approximate surface area is 151 Å². The van der Waals surface area contributed by atoms with E-state index in [1.165, 1.54) is 7.11 Å². The van der Waals surface area contributed by atoms with Crippen LogP contribution in [0.1, 0.15) is 16.5 Å². The number of aryl methyl sites for hydroxylation is 1. The number of hydrogen-bond donors (Lipinski definition) is 1. The Balaban J connectivity index is 1.87. The summed E-state index contributed by atoms with van der Waals surface area (Å²) in [6, 6.07) is 15.5. The lowest BCUT2D eigenvalue weighted by molar-refractivity contribution is -0.119. The van der Waals surface area contributed by atoms with Crippen LogP contribution in [0.3, 0.4) is 0 Å². The molecule has 0 saturated carbocycles. The highest BCUT2D eigenvalue weighted by Crippen LogP contribution is 2.42. The number of nitrogens with one attached hydrogen (secondary N) is 1. The summed E-state index contributed by atoms with van der Waals surface area (Å²) < 4.78 is 4.84. The first-order valence-electron chi connectivity index (χ1n) is 7.97. The predicted molar refractivity (Wildman–Crippen MR) is 101 cm³/mol. The molecule has 1 N–H and O–H groups in total. The SMILES string of the molecule is COCC(=O)Nc1cccc(C2SCC(=O)N2c2cccc(C)c2)c1. The van der Waals surface area contributed by atoms with Crippen molar-refractivity contribution in [2.24, 2.45) is 0 Å². The van der Waals surface area contributed by atoms with E-state index in [1.807, 2.05) is 60.4 Å². The van der Waals surface area contributed by atoms with E-state index in [4.69, 9.17) is 4.74 Å². The van der Waals surface area contributed by atoms with Gasteiger partial charge in [0.05, 0.1) is 5.75 Å². The van der Waals surface area contributed by atoms with E-state index < -0.39 is 0 Å². The van der Waals surface area contributed by atoms with E-state index in [2.05, 4.69) is 5.32 Å². The van der Waals surface area contributed by atoms with Crippen molar-refractivity contribution in [2.75, 3.05) is 29.7 Å². The maximum absolute atomic E-state index is 12.4. The zero-order chi connectivity index (χ0) is 17.8. The molecule has 1 saturated heterocycles. The van der Waals surface area contributed by atoms with Crippen LogP contribution >= 0.6 is 11.8 Å². The molecule has 2 aromatic carbocycles.